The van der Waals surface area contributed by atoms with Crippen molar-refractivity contribution in [1.29, 1.82) is 0 Å². The number of methoxy groups -OCH3 is 2. The van der Waals surface area contributed by atoms with E-state index < -0.39 is 0 Å². The first-order chi connectivity index (χ1) is 10.7. The van der Waals surface area contributed by atoms with Crippen molar-refractivity contribution < 1.29 is 14.3 Å². The van der Waals surface area contributed by atoms with Crippen molar-refractivity contribution in [2.45, 2.75) is 44.1 Å². The SMILES string of the molecule is COc1cc2c(cc1OC)[C@H]1CCC[C@H]3CC(=O)N(CC2)[C@H]31. The van der Waals surface area contributed by atoms with Crippen LogP contribution in [-0.2, 0) is 11.2 Å². The Kier molecular flexibility index (Phi) is 3.28. The van der Waals surface area contributed by atoms with E-state index in [4.69, 9.17) is 9.47 Å². The average Bonchev–Trinajstić information content (AvgIpc) is 2.77. The fourth-order valence-corrected chi connectivity index (χ4v) is 4.82. The van der Waals surface area contributed by atoms with Crippen LogP contribution in [0.5, 0.6) is 11.5 Å². The molecule has 4 heteroatoms. The molecule has 0 bridgehead atoms. The molecule has 1 aliphatic carbocycles. The number of nitrogens with zero attached hydrogens (tertiary/aromatic N) is 1. The largest absolute Gasteiger partial charge is 0.493 e. The van der Waals surface area contributed by atoms with E-state index in [1.807, 2.05) is 0 Å². The molecule has 0 spiro atoms. The van der Waals surface area contributed by atoms with Gasteiger partial charge in [0.25, 0.3) is 0 Å². The van der Waals surface area contributed by atoms with E-state index in [-0.39, 0.29) is 0 Å². The second kappa shape index (κ2) is 5.18. The molecule has 22 heavy (non-hydrogen) atoms. The van der Waals surface area contributed by atoms with Crippen LogP contribution in [0.2, 0.25) is 0 Å². The summed E-state index contributed by atoms with van der Waals surface area (Å²) in [5, 5.41) is 0. The maximum atomic E-state index is 12.4. The average molecular weight is 301 g/mol. The number of ether oxygens (including phenoxy) is 2. The van der Waals surface area contributed by atoms with E-state index in [1.165, 1.54) is 30.4 Å². The Morgan fingerprint density at radius 3 is 2.68 bits per heavy atom. The van der Waals surface area contributed by atoms with Gasteiger partial charge in [0.1, 0.15) is 0 Å². The molecule has 118 valence electrons. The van der Waals surface area contributed by atoms with Crippen LogP contribution in [-0.4, -0.2) is 37.6 Å². The number of carbonyl (C=O) groups excluding carboxylic acids is 1. The van der Waals surface area contributed by atoms with Gasteiger partial charge in [-0.2, -0.15) is 0 Å². The normalized spacial score (nSPS) is 29.6. The third kappa shape index (κ3) is 1.93. The van der Waals surface area contributed by atoms with Crippen LogP contribution in [0.25, 0.3) is 0 Å². The summed E-state index contributed by atoms with van der Waals surface area (Å²) in [5.41, 5.74) is 2.70. The molecule has 4 nitrogen and oxygen atoms in total. The zero-order valence-corrected chi connectivity index (χ0v) is 13.3. The summed E-state index contributed by atoms with van der Waals surface area (Å²) in [5.74, 6) is 2.96. The van der Waals surface area contributed by atoms with Crippen molar-refractivity contribution in [2.75, 3.05) is 20.8 Å². The molecule has 2 fully saturated rings. The number of hydrogen-bond acceptors (Lipinski definition) is 3. The number of fused-ring (bicyclic) bond motifs is 2. The molecule has 3 aliphatic rings. The predicted molar refractivity (Wildman–Crippen MR) is 83.5 cm³/mol. The second-order valence-electron chi connectivity index (χ2n) is 6.74. The molecule has 2 aliphatic heterocycles. The van der Waals surface area contributed by atoms with Crippen molar-refractivity contribution in [3.05, 3.63) is 23.3 Å². The molecule has 0 unspecified atom stereocenters. The van der Waals surface area contributed by atoms with Gasteiger partial charge in [-0.15, -0.1) is 0 Å². The molecule has 4 rings (SSSR count). The first-order valence-corrected chi connectivity index (χ1v) is 8.27. The van der Waals surface area contributed by atoms with Crippen LogP contribution in [0.3, 0.4) is 0 Å². The summed E-state index contributed by atoms with van der Waals surface area (Å²) in [4.78, 5) is 14.5. The summed E-state index contributed by atoms with van der Waals surface area (Å²) in [6.45, 7) is 0.846. The Balaban J connectivity index is 1.82. The fraction of sp³-hybridized carbons (Fsp3) is 0.611. The van der Waals surface area contributed by atoms with E-state index in [1.54, 1.807) is 14.2 Å². The Labute approximate surface area is 131 Å². The van der Waals surface area contributed by atoms with Crippen LogP contribution >= 0.6 is 0 Å². The van der Waals surface area contributed by atoms with Gasteiger partial charge in [0.2, 0.25) is 5.91 Å². The Morgan fingerprint density at radius 2 is 1.91 bits per heavy atom. The van der Waals surface area contributed by atoms with Gasteiger partial charge >= 0.3 is 0 Å². The summed E-state index contributed by atoms with van der Waals surface area (Å²) in [7, 11) is 3.37. The maximum absolute atomic E-state index is 12.4. The molecule has 1 saturated carbocycles. The number of rotatable bonds is 2. The van der Waals surface area contributed by atoms with E-state index in [9.17, 15) is 4.79 Å². The first kappa shape index (κ1) is 13.9. The predicted octanol–water partition coefficient (Wildman–Crippen LogP) is 2.74. The lowest BCUT2D eigenvalue weighted by Crippen LogP contribution is -2.41. The lowest BCUT2D eigenvalue weighted by Gasteiger charge is -2.37. The molecule has 1 amide bonds. The molecule has 1 aromatic carbocycles. The number of benzene rings is 1. The van der Waals surface area contributed by atoms with E-state index in [0.717, 1.165) is 30.9 Å². The summed E-state index contributed by atoms with van der Waals surface area (Å²) >= 11 is 0. The maximum Gasteiger partial charge on any atom is 0.223 e. The molecule has 0 N–H and O–H groups in total. The topological polar surface area (TPSA) is 38.8 Å². The summed E-state index contributed by atoms with van der Waals surface area (Å²) in [6, 6.07) is 4.68. The van der Waals surface area contributed by atoms with Gasteiger partial charge < -0.3 is 14.4 Å². The fourth-order valence-electron chi connectivity index (χ4n) is 4.82. The highest BCUT2D eigenvalue weighted by Crippen LogP contribution is 2.49. The highest BCUT2D eigenvalue weighted by Gasteiger charge is 2.47. The van der Waals surface area contributed by atoms with Crippen LogP contribution in [0.4, 0.5) is 0 Å². The first-order valence-electron chi connectivity index (χ1n) is 8.27. The van der Waals surface area contributed by atoms with E-state index >= 15 is 0 Å². The molecule has 0 radical (unpaired) electrons. The minimum atomic E-state index is 0.355. The second-order valence-corrected chi connectivity index (χ2v) is 6.74. The van der Waals surface area contributed by atoms with Gasteiger partial charge in [0.15, 0.2) is 11.5 Å². The van der Waals surface area contributed by atoms with Gasteiger partial charge in [-0.3, -0.25) is 4.79 Å². The number of amides is 1. The third-order valence-electron chi connectivity index (χ3n) is 5.77. The lowest BCUT2D eigenvalue weighted by molar-refractivity contribution is -0.129. The number of hydrogen-bond donors (Lipinski definition) is 0. The molecule has 3 atom stereocenters. The van der Waals surface area contributed by atoms with Crippen molar-refractivity contribution >= 4 is 5.91 Å². The smallest absolute Gasteiger partial charge is 0.223 e. The van der Waals surface area contributed by atoms with Crippen LogP contribution in [0.1, 0.15) is 42.7 Å². The number of carbonyl (C=O) groups is 1. The Hall–Kier alpha value is -1.71. The summed E-state index contributed by atoms with van der Waals surface area (Å²) < 4.78 is 11.0. The van der Waals surface area contributed by atoms with E-state index in [2.05, 4.69) is 17.0 Å². The monoisotopic (exact) mass is 301 g/mol. The quantitative estimate of drug-likeness (QED) is 0.843. The molecule has 2 heterocycles. The highest BCUT2D eigenvalue weighted by molar-refractivity contribution is 5.80. The Bertz CT molecular complexity index is 613. The zero-order valence-electron chi connectivity index (χ0n) is 13.3. The van der Waals surface area contributed by atoms with Gasteiger partial charge in [-0.05, 0) is 48.4 Å². The molecule has 1 aromatic rings. The molecular weight excluding hydrogens is 278 g/mol. The van der Waals surface area contributed by atoms with Crippen LogP contribution < -0.4 is 9.47 Å². The minimum Gasteiger partial charge on any atom is -0.493 e. The van der Waals surface area contributed by atoms with Crippen molar-refractivity contribution in [1.82, 2.24) is 4.90 Å². The molecule has 0 aromatic heterocycles. The van der Waals surface area contributed by atoms with Gasteiger partial charge in [0.05, 0.1) is 14.2 Å². The molecular formula is C18H23NO3. The minimum absolute atomic E-state index is 0.355. The standard InChI is InChI=1S/C18H23NO3/c1-21-15-8-11-6-7-19-17(20)9-12-4-3-5-13(18(12)19)14(11)10-16(15)22-2/h8,10,12-13,18H,3-7,9H2,1-2H3/t12-,13+,18+/m0/s1. The van der Waals surface area contributed by atoms with Crippen molar-refractivity contribution in [2.24, 2.45) is 5.92 Å². The van der Waals surface area contributed by atoms with Gasteiger partial charge in [-0.1, -0.05) is 6.42 Å². The Morgan fingerprint density at radius 1 is 1.14 bits per heavy atom. The van der Waals surface area contributed by atoms with Gasteiger partial charge in [0, 0.05) is 24.9 Å². The van der Waals surface area contributed by atoms with Crippen molar-refractivity contribution in [3.63, 3.8) is 0 Å². The zero-order chi connectivity index (χ0) is 15.3. The van der Waals surface area contributed by atoms with Crippen molar-refractivity contribution in [3.8, 4) is 11.5 Å². The van der Waals surface area contributed by atoms with Gasteiger partial charge in [-0.25, -0.2) is 0 Å². The third-order valence-corrected chi connectivity index (χ3v) is 5.77. The highest BCUT2D eigenvalue weighted by atomic mass is 16.5. The van der Waals surface area contributed by atoms with Crippen LogP contribution in [0.15, 0.2) is 12.1 Å². The van der Waals surface area contributed by atoms with E-state index in [0.29, 0.717) is 23.8 Å². The lowest BCUT2D eigenvalue weighted by atomic mass is 9.73. The molecule has 1 saturated heterocycles. The van der Waals surface area contributed by atoms with Crippen LogP contribution in [0, 0.1) is 5.92 Å². The summed E-state index contributed by atoms with van der Waals surface area (Å²) in [6.07, 6.45) is 5.27.